The first-order chi connectivity index (χ1) is 12.5. The van der Waals surface area contributed by atoms with Gasteiger partial charge in [-0.15, -0.1) is 0 Å². The molecule has 0 bridgehead atoms. The first-order valence-electron chi connectivity index (χ1n) is 8.80. The number of amides is 3. The van der Waals surface area contributed by atoms with Crippen LogP contribution in [0, 0.1) is 0 Å². The summed E-state index contributed by atoms with van der Waals surface area (Å²) in [5.41, 5.74) is 0.611. The van der Waals surface area contributed by atoms with E-state index in [1.54, 1.807) is 28.0 Å². The van der Waals surface area contributed by atoms with E-state index in [0.717, 1.165) is 12.8 Å². The Hall–Kier alpha value is -1.99. The number of methoxy groups -OCH3 is 1. The van der Waals surface area contributed by atoms with E-state index in [2.05, 4.69) is 5.32 Å². The third-order valence-electron chi connectivity index (χ3n) is 4.05. The first-order valence-corrected chi connectivity index (χ1v) is 9.18. The van der Waals surface area contributed by atoms with Crippen molar-refractivity contribution in [1.29, 1.82) is 0 Å². The molecule has 0 radical (unpaired) electrons. The molecular formula is C18H26ClN3O4. The van der Waals surface area contributed by atoms with E-state index < -0.39 is 0 Å². The topological polar surface area (TPSA) is 71.1 Å². The summed E-state index contributed by atoms with van der Waals surface area (Å²) >= 11 is 6.20. The smallest absolute Gasteiger partial charge is 0.321 e. The molecule has 1 heterocycles. The van der Waals surface area contributed by atoms with Crippen molar-refractivity contribution in [3.8, 4) is 5.75 Å². The molecule has 0 spiro atoms. The molecule has 1 aliphatic heterocycles. The van der Waals surface area contributed by atoms with Gasteiger partial charge in [0.2, 0.25) is 5.91 Å². The number of anilines is 1. The van der Waals surface area contributed by atoms with Gasteiger partial charge in [0, 0.05) is 39.0 Å². The molecule has 8 heteroatoms. The Morgan fingerprint density at radius 1 is 1.19 bits per heavy atom. The van der Waals surface area contributed by atoms with Gasteiger partial charge in [0.1, 0.15) is 12.4 Å². The zero-order chi connectivity index (χ0) is 18.9. The standard InChI is InChI=1S/C18H26ClN3O4/c1-3-11-26-16-6-5-14(12-15(16)19)20-18(24)22-8-4-7-21(9-10-22)17(23)13-25-2/h5-6,12H,3-4,7-11,13H2,1-2H3,(H,20,24). The van der Waals surface area contributed by atoms with Crippen molar-refractivity contribution in [2.45, 2.75) is 19.8 Å². The SMILES string of the molecule is CCCOc1ccc(NC(=O)N2CCCN(C(=O)COC)CC2)cc1Cl. The molecule has 0 aliphatic carbocycles. The minimum absolute atomic E-state index is 0.0517. The van der Waals surface area contributed by atoms with E-state index in [9.17, 15) is 9.59 Å². The van der Waals surface area contributed by atoms with Gasteiger partial charge in [0.25, 0.3) is 0 Å². The van der Waals surface area contributed by atoms with Gasteiger partial charge >= 0.3 is 6.03 Å². The molecule has 1 saturated heterocycles. The second kappa shape index (κ2) is 10.2. The van der Waals surface area contributed by atoms with Gasteiger partial charge in [-0.25, -0.2) is 4.79 Å². The quantitative estimate of drug-likeness (QED) is 0.819. The molecule has 1 aliphatic rings. The van der Waals surface area contributed by atoms with Crippen molar-refractivity contribution < 1.29 is 19.1 Å². The van der Waals surface area contributed by atoms with Crippen LogP contribution < -0.4 is 10.1 Å². The zero-order valence-corrected chi connectivity index (χ0v) is 16.1. The number of nitrogens with one attached hydrogen (secondary N) is 1. The van der Waals surface area contributed by atoms with Crippen LogP contribution in [-0.4, -0.2) is 68.2 Å². The van der Waals surface area contributed by atoms with Crippen LogP contribution in [0.1, 0.15) is 19.8 Å². The van der Waals surface area contributed by atoms with Gasteiger partial charge in [-0.3, -0.25) is 4.79 Å². The summed E-state index contributed by atoms with van der Waals surface area (Å²) in [7, 11) is 1.50. The van der Waals surface area contributed by atoms with E-state index in [4.69, 9.17) is 21.1 Å². The summed E-state index contributed by atoms with van der Waals surface area (Å²) in [6.45, 7) is 4.88. The second-order valence-electron chi connectivity index (χ2n) is 6.08. The lowest BCUT2D eigenvalue weighted by atomic mass is 10.3. The number of carbonyl (C=O) groups is 2. The van der Waals surface area contributed by atoms with Crippen molar-refractivity contribution in [2.75, 3.05) is 51.8 Å². The second-order valence-corrected chi connectivity index (χ2v) is 6.49. The largest absolute Gasteiger partial charge is 0.492 e. The van der Waals surface area contributed by atoms with E-state index >= 15 is 0 Å². The van der Waals surface area contributed by atoms with Crippen molar-refractivity contribution in [1.82, 2.24) is 9.80 Å². The fourth-order valence-corrected chi connectivity index (χ4v) is 2.93. The molecule has 7 nitrogen and oxygen atoms in total. The molecular weight excluding hydrogens is 358 g/mol. The fraction of sp³-hybridized carbons (Fsp3) is 0.556. The average molecular weight is 384 g/mol. The zero-order valence-electron chi connectivity index (χ0n) is 15.3. The number of urea groups is 1. The van der Waals surface area contributed by atoms with Crippen molar-refractivity contribution in [3.63, 3.8) is 0 Å². The maximum Gasteiger partial charge on any atom is 0.321 e. The lowest BCUT2D eigenvalue weighted by Crippen LogP contribution is -2.40. The molecule has 1 aromatic carbocycles. The molecule has 144 valence electrons. The fourth-order valence-electron chi connectivity index (χ4n) is 2.69. The lowest BCUT2D eigenvalue weighted by molar-refractivity contribution is -0.134. The van der Waals surface area contributed by atoms with Crippen LogP contribution in [0.2, 0.25) is 5.02 Å². The van der Waals surface area contributed by atoms with Crippen LogP contribution in [0.15, 0.2) is 18.2 Å². The van der Waals surface area contributed by atoms with Gasteiger partial charge < -0.3 is 24.6 Å². The third-order valence-corrected chi connectivity index (χ3v) is 4.34. The first kappa shape index (κ1) is 20.3. The Balaban J connectivity index is 1.91. The summed E-state index contributed by atoms with van der Waals surface area (Å²) in [6, 6.07) is 4.99. The number of benzene rings is 1. The van der Waals surface area contributed by atoms with Gasteiger partial charge in [0.15, 0.2) is 0 Å². The molecule has 0 unspecified atom stereocenters. The number of ether oxygens (including phenoxy) is 2. The number of halogens is 1. The molecule has 2 rings (SSSR count). The highest BCUT2D eigenvalue weighted by Crippen LogP contribution is 2.28. The predicted octanol–water partition coefficient (Wildman–Crippen LogP) is 2.84. The summed E-state index contributed by atoms with van der Waals surface area (Å²) < 4.78 is 10.4. The van der Waals surface area contributed by atoms with Crippen LogP contribution >= 0.6 is 11.6 Å². The maximum absolute atomic E-state index is 12.5. The molecule has 1 aromatic rings. The van der Waals surface area contributed by atoms with Gasteiger partial charge in [0.05, 0.1) is 11.6 Å². The summed E-state index contributed by atoms with van der Waals surface area (Å²) in [4.78, 5) is 27.9. The highest BCUT2D eigenvalue weighted by molar-refractivity contribution is 6.32. The van der Waals surface area contributed by atoms with Crippen LogP contribution in [-0.2, 0) is 9.53 Å². The Morgan fingerprint density at radius 2 is 1.92 bits per heavy atom. The minimum atomic E-state index is -0.204. The number of nitrogens with zero attached hydrogens (tertiary/aromatic N) is 2. The molecule has 0 aromatic heterocycles. The van der Waals surface area contributed by atoms with Crippen LogP contribution in [0.5, 0.6) is 5.75 Å². The Bertz CT molecular complexity index is 626. The highest BCUT2D eigenvalue weighted by Gasteiger charge is 2.22. The summed E-state index contributed by atoms with van der Waals surface area (Å²) in [6.07, 6.45) is 1.63. The molecule has 0 atom stereocenters. The molecule has 1 N–H and O–H groups in total. The normalized spacial score (nSPS) is 14.7. The Kier molecular flexibility index (Phi) is 8.00. The lowest BCUT2D eigenvalue weighted by Gasteiger charge is -2.22. The van der Waals surface area contributed by atoms with Gasteiger partial charge in [-0.05, 0) is 31.0 Å². The Morgan fingerprint density at radius 3 is 2.62 bits per heavy atom. The predicted molar refractivity (Wildman–Crippen MR) is 101 cm³/mol. The molecule has 26 heavy (non-hydrogen) atoms. The van der Waals surface area contributed by atoms with Crippen LogP contribution in [0.25, 0.3) is 0 Å². The minimum Gasteiger partial charge on any atom is -0.492 e. The number of carbonyl (C=O) groups excluding carboxylic acids is 2. The number of hydrogen-bond donors (Lipinski definition) is 1. The van der Waals surface area contributed by atoms with Gasteiger partial charge in [-0.2, -0.15) is 0 Å². The van der Waals surface area contributed by atoms with Crippen molar-refractivity contribution in [2.24, 2.45) is 0 Å². The highest BCUT2D eigenvalue weighted by atomic mass is 35.5. The van der Waals surface area contributed by atoms with Crippen molar-refractivity contribution >= 4 is 29.2 Å². The Labute approximate surface area is 159 Å². The maximum atomic E-state index is 12.5. The number of hydrogen-bond acceptors (Lipinski definition) is 4. The van der Waals surface area contributed by atoms with E-state index in [-0.39, 0.29) is 18.5 Å². The van der Waals surface area contributed by atoms with Crippen molar-refractivity contribution in [3.05, 3.63) is 23.2 Å². The average Bonchev–Trinajstić information content (AvgIpc) is 2.87. The molecule has 3 amide bonds. The van der Waals surface area contributed by atoms with Crippen LogP contribution in [0.3, 0.4) is 0 Å². The van der Waals surface area contributed by atoms with E-state index in [1.807, 2.05) is 6.92 Å². The van der Waals surface area contributed by atoms with Crippen LogP contribution in [0.4, 0.5) is 10.5 Å². The van der Waals surface area contributed by atoms with Gasteiger partial charge in [-0.1, -0.05) is 18.5 Å². The monoisotopic (exact) mass is 383 g/mol. The summed E-state index contributed by atoms with van der Waals surface area (Å²) in [5, 5.41) is 3.31. The number of rotatable bonds is 6. The molecule has 0 saturated carbocycles. The summed E-state index contributed by atoms with van der Waals surface area (Å²) in [5.74, 6) is 0.554. The van der Waals surface area contributed by atoms with E-state index in [1.165, 1.54) is 7.11 Å². The third kappa shape index (κ3) is 5.78. The molecule has 1 fully saturated rings. The van der Waals surface area contributed by atoms with E-state index in [0.29, 0.717) is 49.2 Å².